The van der Waals surface area contributed by atoms with Crippen molar-refractivity contribution in [1.29, 1.82) is 0 Å². The van der Waals surface area contributed by atoms with Gasteiger partial charge in [-0.1, -0.05) is 17.7 Å². The second-order valence-electron chi connectivity index (χ2n) is 3.20. The van der Waals surface area contributed by atoms with Crippen LogP contribution in [0.4, 0.5) is 0 Å². The van der Waals surface area contributed by atoms with Crippen molar-refractivity contribution < 1.29 is 9.53 Å². The molecule has 1 unspecified atom stereocenters. The van der Waals surface area contributed by atoms with Gasteiger partial charge in [0.25, 0.3) is 5.91 Å². The van der Waals surface area contributed by atoms with Crippen molar-refractivity contribution in [3.05, 3.63) is 28.8 Å². The molecule has 0 aliphatic carbocycles. The van der Waals surface area contributed by atoms with E-state index in [-0.39, 0.29) is 0 Å². The standard InChI is InChI=1S/C10H13ClN2O2/c1-6-3-4-9(8(11)5-6)15-7(2)10(14)13-12/h3-5,7H,12H2,1-2H3,(H,13,14). The number of hydrazine groups is 1. The molecule has 1 amide bonds. The summed E-state index contributed by atoms with van der Waals surface area (Å²) in [7, 11) is 0. The molecule has 0 fully saturated rings. The molecule has 0 radical (unpaired) electrons. The number of carbonyl (C=O) groups excluding carboxylic acids is 1. The van der Waals surface area contributed by atoms with Gasteiger partial charge >= 0.3 is 0 Å². The highest BCUT2D eigenvalue weighted by molar-refractivity contribution is 6.32. The van der Waals surface area contributed by atoms with Crippen molar-refractivity contribution in [1.82, 2.24) is 5.43 Å². The number of aryl methyl sites for hydroxylation is 1. The average Bonchev–Trinajstić information content (AvgIpc) is 2.20. The lowest BCUT2D eigenvalue weighted by atomic mass is 10.2. The van der Waals surface area contributed by atoms with Gasteiger partial charge in [0, 0.05) is 0 Å². The summed E-state index contributed by atoms with van der Waals surface area (Å²) in [5.41, 5.74) is 3.04. The zero-order valence-electron chi connectivity index (χ0n) is 8.58. The summed E-state index contributed by atoms with van der Waals surface area (Å²) < 4.78 is 5.33. The molecular weight excluding hydrogens is 216 g/mol. The molecule has 0 spiro atoms. The summed E-state index contributed by atoms with van der Waals surface area (Å²) in [6.45, 7) is 3.52. The molecule has 1 aromatic carbocycles. The van der Waals surface area contributed by atoms with E-state index in [0.717, 1.165) is 5.56 Å². The van der Waals surface area contributed by atoms with E-state index in [0.29, 0.717) is 10.8 Å². The van der Waals surface area contributed by atoms with Crippen LogP contribution in [0.2, 0.25) is 5.02 Å². The Morgan fingerprint density at radius 3 is 2.80 bits per heavy atom. The smallest absolute Gasteiger partial charge is 0.274 e. The minimum absolute atomic E-state index is 0.397. The second kappa shape index (κ2) is 5.00. The first kappa shape index (κ1) is 11.8. The van der Waals surface area contributed by atoms with Crippen LogP contribution in [0.25, 0.3) is 0 Å². The molecule has 0 aromatic heterocycles. The van der Waals surface area contributed by atoms with Gasteiger partial charge in [-0.15, -0.1) is 0 Å². The lowest BCUT2D eigenvalue weighted by molar-refractivity contribution is -0.127. The van der Waals surface area contributed by atoms with Gasteiger partial charge in [-0.3, -0.25) is 10.2 Å². The quantitative estimate of drug-likeness (QED) is 0.467. The molecule has 0 saturated carbocycles. The van der Waals surface area contributed by atoms with Crippen molar-refractivity contribution in [3.63, 3.8) is 0 Å². The van der Waals surface area contributed by atoms with E-state index in [1.54, 1.807) is 19.1 Å². The predicted octanol–water partition coefficient (Wildman–Crippen LogP) is 1.41. The fourth-order valence-electron chi connectivity index (χ4n) is 1.06. The fourth-order valence-corrected chi connectivity index (χ4v) is 1.34. The van der Waals surface area contributed by atoms with Crippen LogP contribution in [0.3, 0.4) is 0 Å². The van der Waals surface area contributed by atoms with E-state index in [9.17, 15) is 4.79 Å². The third-order valence-electron chi connectivity index (χ3n) is 1.90. The Kier molecular flexibility index (Phi) is 3.94. The van der Waals surface area contributed by atoms with Crippen LogP contribution in [-0.4, -0.2) is 12.0 Å². The third-order valence-corrected chi connectivity index (χ3v) is 2.20. The summed E-state index contributed by atoms with van der Waals surface area (Å²) in [4.78, 5) is 11.1. The minimum Gasteiger partial charge on any atom is -0.479 e. The predicted molar refractivity (Wildman–Crippen MR) is 58.6 cm³/mol. The maximum atomic E-state index is 11.1. The Bertz CT molecular complexity index is 368. The highest BCUT2D eigenvalue weighted by atomic mass is 35.5. The molecule has 0 bridgehead atoms. The van der Waals surface area contributed by atoms with Crippen LogP contribution in [0.1, 0.15) is 12.5 Å². The number of benzene rings is 1. The van der Waals surface area contributed by atoms with Crippen molar-refractivity contribution in [2.45, 2.75) is 20.0 Å². The molecule has 0 aliphatic heterocycles. The fraction of sp³-hybridized carbons (Fsp3) is 0.300. The van der Waals surface area contributed by atoms with Crippen LogP contribution >= 0.6 is 11.6 Å². The van der Waals surface area contributed by atoms with E-state index >= 15 is 0 Å². The van der Waals surface area contributed by atoms with Crippen molar-refractivity contribution in [2.24, 2.45) is 5.84 Å². The van der Waals surface area contributed by atoms with Crippen LogP contribution < -0.4 is 16.0 Å². The number of nitrogens with two attached hydrogens (primary N) is 1. The molecule has 5 heteroatoms. The van der Waals surface area contributed by atoms with Gasteiger partial charge in [-0.25, -0.2) is 5.84 Å². The number of carbonyl (C=O) groups is 1. The highest BCUT2D eigenvalue weighted by Crippen LogP contribution is 2.25. The first-order chi connectivity index (χ1) is 7.04. The monoisotopic (exact) mass is 228 g/mol. The lowest BCUT2D eigenvalue weighted by Crippen LogP contribution is -2.40. The van der Waals surface area contributed by atoms with Crippen molar-refractivity contribution >= 4 is 17.5 Å². The Hall–Kier alpha value is -1.26. The second-order valence-corrected chi connectivity index (χ2v) is 3.61. The number of amides is 1. The van der Waals surface area contributed by atoms with Gasteiger partial charge in [0.2, 0.25) is 0 Å². The number of halogens is 1. The molecule has 1 aromatic rings. The Morgan fingerprint density at radius 2 is 2.27 bits per heavy atom. The molecule has 0 saturated heterocycles. The summed E-state index contributed by atoms with van der Waals surface area (Å²) in [5.74, 6) is 5.05. The topological polar surface area (TPSA) is 64.3 Å². The van der Waals surface area contributed by atoms with E-state index in [1.807, 2.05) is 18.4 Å². The largest absolute Gasteiger partial charge is 0.479 e. The van der Waals surface area contributed by atoms with Gasteiger partial charge in [0.05, 0.1) is 5.02 Å². The van der Waals surface area contributed by atoms with Gasteiger partial charge in [-0.05, 0) is 31.5 Å². The Labute approximate surface area is 93.3 Å². The Balaban J connectivity index is 2.76. The zero-order valence-corrected chi connectivity index (χ0v) is 9.34. The van der Waals surface area contributed by atoms with Crippen LogP contribution in [-0.2, 0) is 4.79 Å². The molecule has 1 atom stereocenters. The summed E-state index contributed by atoms with van der Waals surface area (Å²) in [6, 6.07) is 5.34. The van der Waals surface area contributed by atoms with E-state index in [2.05, 4.69) is 0 Å². The molecule has 82 valence electrons. The van der Waals surface area contributed by atoms with Gasteiger partial charge < -0.3 is 4.74 Å². The molecule has 1 rings (SSSR count). The number of rotatable bonds is 3. The number of hydrogen-bond acceptors (Lipinski definition) is 3. The number of nitrogens with one attached hydrogen (secondary N) is 1. The van der Waals surface area contributed by atoms with Gasteiger partial charge in [0.15, 0.2) is 6.10 Å². The summed E-state index contributed by atoms with van der Waals surface area (Å²) >= 11 is 5.93. The van der Waals surface area contributed by atoms with E-state index in [1.165, 1.54) is 0 Å². The van der Waals surface area contributed by atoms with Gasteiger partial charge in [-0.2, -0.15) is 0 Å². The molecule has 15 heavy (non-hydrogen) atoms. The molecular formula is C10H13ClN2O2. The zero-order chi connectivity index (χ0) is 11.4. The van der Waals surface area contributed by atoms with E-state index < -0.39 is 12.0 Å². The molecule has 4 nitrogen and oxygen atoms in total. The van der Waals surface area contributed by atoms with Crippen molar-refractivity contribution in [3.8, 4) is 5.75 Å². The minimum atomic E-state index is -0.671. The average molecular weight is 229 g/mol. The molecule has 0 aliphatic rings. The van der Waals surface area contributed by atoms with Crippen molar-refractivity contribution in [2.75, 3.05) is 0 Å². The Morgan fingerprint density at radius 1 is 1.60 bits per heavy atom. The van der Waals surface area contributed by atoms with Crippen LogP contribution in [0.15, 0.2) is 18.2 Å². The number of hydrogen-bond donors (Lipinski definition) is 2. The molecule has 0 heterocycles. The normalized spacial score (nSPS) is 12.0. The third kappa shape index (κ3) is 3.11. The van der Waals surface area contributed by atoms with Crippen LogP contribution in [0, 0.1) is 6.92 Å². The van der Waals surface area contributed by atoms with E-state index in [4.69, 9.17) is 22.2 Å². The van der Waals surface area contributed by atoms with Crippen LogP contribution in [0.5, 0.6) is 5.75 Å². The maximum absolute atomic E-state index is 11.1. The first-order valence-electron chi connectivity index (χ1n) is 4.48. The number of ether oxygens (including phenoxy) is 1. The lowest BCUT2D eigenvalue weighted by Gasteiger charge is -2.14. The highest BCUT2D eigenvalue weighted by Gasteiger charge is 2.14. The van der Waals surface area contributed by atoms with Gasteiger partial charge in [0.1, 0.15) is 5.75 Å². The summed E-state index contributed by atoms with van der Waals surface area (Å²) in [5, 5.41) is 0.478. The maximum Gasteiger partial charge on any atom is 0.274 e. The summed E-state index contributed by atoms with van der Waals surface area (Å²) in [6.07, 6.45) is -0.671. The molecule has 3 N–H and O–H groups in total. The first-order valence-corrected chi connectivity index (χ1v) is 4.85. The SMILES string of the molecule is Cc1ccc(OC(C)C(=O)NN)c(Cl)c1.